The van der Waals surface area contributed by atoms with Crippen molar-refractivity contribution in [3.05, 3.63) is 35.4 Å². The molecule has 1 aliphatic rings. The van der Waals surface area contributed by atoms with Gasteiger partial charge in [0.25, 0.3) is 0 Å². The molecule has 0 fully saturated rings. The highest BCUT2D eigenvalue weighted by Gasteiger charge is 2.25. The second-order valence-corrected chi connectivity index (χ2v) is 9.75. The van der Waals surface area contributed by atoms with Gasteiger partial charge in [-0.25, -0.2) is 4.79 Å². The summed E-state index contributed by atoms with van der Waals surface area (Å²) in [5.41, 5.74) is 1.37. The van der Waals surface area contributed by atoms with Gasteiger partial charge in [0.15, 0.2) is 5.96 Å². The van der Waals surface area contributed by atoms with E-state index in [0.29, 0.717) is 38.6 Å². The quantitative estimate of drug-likeness (QED) is 0.191. The number of aliphatic imine (C=N–C) groups is 1. The lowest BCUT2D eigenvalue weighted by Crippen LogP contribution is -2.49. The van der Waals surface area contributed by atoms with Crippen LogP contribution in [0.4, 0.5) is 4.79 Å². The van der Waals surface area contributed by atoms with Crippen LogP contribution < -0.4 is 16.0 Å². The fourth-order valence-electron chi connectivity index (χ4n) is 3.35. The zero-order chi connectivity index (χ0) is 23.8. The predicted octanol–water partition coefficient (Wildman–Crippen LogP) is 3.79. The van der Waals surface area contributed by atoms with Gasteiger partial charge in [-0.2, -0.15) is 0 Å². The lowest BCUT2D eigenvalue weighted by Gasteiger charge is -2.27. The van der Waals surface area contributed by atoms with E-state index in [2.05, 4.69) is 33.1 Å². The Hall–Kier alpha value is -2.04. The monoisotopic (exact) mass is 573 g/mol. The summed E-state index contributed by atoms with van der Waals surface area (Å²) in [6.45, 7) is 14.4. The van der Waals surface area contributed by atoms with Gasteiger partial charge in [-0.3, -0.25) is 9.79 Å². The number of carbonyl (C=O) groups excluding carboxylic acids is 2. The summed E-state index contributed by atoms with van der Waals surface area (Å²) in [7, 11) is 0. The molecule has 2 rings (SSSR count). The van der Waals surface area contributed by atoms with Gasteiger partial charge < -0.3 is 25.6 Å². The highest BCUT2D eigenvalue weighted by atomic mass is 127. The van der Waals surface area contributed by atoms with E-state index in [9.17, 15) is 9.59 Å². The van der Waals surface area contributed by atoms with Crippen molar-refractivity contribution in [3.8, 4) is 0 Å². The molecule has 2 amide bonds. The molecule has 0 saturated carbocycles. The van der Waals surface area contributed by atoms with Crippen LogP contribution in [0.15, 0.2) is 29.3 Å². The van der Waals surface area contributed by atoms with Crippen LogP contribution in [0.2, 0.25) is 0 Å². The third-order valence-corrected chi connectivity index (χ3v) is 4.87. The Balaban J connectivity index is 0.00000544. The van der Waals surface area contributed by atoms with Gasteiger partial charge in [-0.05, 0) is 59.1 Å². The van der Waals surface area contributed by atoms with Crippen molar-refractivity contribution >= 4 is 41.9 Å². The molecular weight excluding hydrogens is 533 g/mol. The Kier molecular flexibility index (Phi) is 11.4. The largest absolute Gasteiger partial charge is 0.444 e. The van der Waals surface area contributed by atoms with Crippen LogP contribution in [-0.2, 0) is 22.6 Å². The maximum absolute atomic E-state index is 12.5. The smallest absolute Gasteiger partial charge is 0.408 e. The number of halogens is 1. The Morgan fingerprint density at radius 1 is 1.06 bits per heavy atom. The van der Waals surface area contributed by atoms with Crippen molar-refractivity contribution in [3.63, 3.8) is 0 Å². The summed E-state index contributed by atoms with van der Waals surface area (Å²) in [6.07, 6.45) is 0.750. The SMILES string of the molecule is CCNC(=NCC(C)(C)NC(=O)OC(C)(C)C)NCCCC(=O)N1Cc2ccccc2C1.I. The summed E-state index contributed by atoms with van der Waals surface area (Å²) >= 11 is 0. The first kappa shape index (κ1) is 29.0. The van der Waals surface area contributed by atoms with E-state index < -0.39 is 17.2 Å². The molecule has 186 valence electrons. The summed E-state index contributed by atoms with van der Waals surface area (Å²) in [4.78, 5) is 31.1. The van der Waals surface area contributed by atoms with Crippen molar-refractivity contribution in [2.45, 2.75) is 78.6 Å². The molecule has 0 saturated heterocycles. The fourth-order valence-corrected chi connectivity index (χ4v) is 3.35. The molecule has 1 heterocycles. The number of fused-ring (bicyclic) bond motifs is 1. The van der Waals surface area contributed by atoms with Gasteiger partial charge in [-0.15, -0.1) is 24.0 Å². The first-order valence-electron chi connectivity index (χ1n) is 11.4. The van der Waals surface area contributed by atoms with Gasteiger partial charge in [0.2, 0.25) is 5.91 Å². The normalized spacial score (nSPS) is 13.6. The van der Waals surface area contributed by atoms with E-state index >= 15 is 0 Å². The molecule has 0 atom stereocenters. The minimum atomic E-state index is -0.564. The van der Waals surface area contributed by atoms with Gasteiger partial charge in [0.1, 0.15) is 5.60 Å². The van der Waals surface area contributed by atoms with E-state index in [1.807, 2.05) is 58.6 Å². The Morgan fingerprint density at radius 2 is 1.67 bits per heavy atom. The maximum atomic E-state index is 12.5. The summed E-state index contributed by atoms with van der Waals surface area (Å²) < 4.78 is 5.33. The van der Waals surface area contributed by atoms with Crippen LogP contribution in [-0.4, -0.2) is 53.6 Å². The topological polar surface area (TPSA) is 95.1 Å². The predicted molar refractivity (Wildman–Crippen MR) is 143 cm³/mol. The highest BCUT2D eigenvalue weighted by Crippen LogP contribution is 2.22. The molecule has 1 aromatic carbocycles. The molecule has 1 aliphatic heterocycles. The minimum absolute atomic E-state index is 0. The first-order valence-corrected chi connectivity index (χ1v) is 11.4. The first-order chi connectivity index (χ1) is 15.0. The van der Waals surface area contributed by atoms with Gasteiger partial charge in [-0.1, -0.05) is 24.3 Å². The lowest BCUT2D eigenvalue weighted by atomic mass is 10.1. The van der Waals surface area contributed by atoms with Crippen LogP contribution in [0, 0.1) is 0 Å². The van der Waals surface area contributed by atoms with Crippen molar-refractivity contribution in [2.75, 3.05) is 19.6 Å². The molecule has 9 heteroatoms. The van der Waals surface area contributed by atoms with E-state index in [-0.39, 0.29) is 29.9 Å². The van der Waals surface area contributed by atoms with Gasteiger partial charge in [0.05, 0.1) is 12.1 Å². The second-order valence-electron chi connectivity index (χ2n) is 9.75. The van der Waals surface area contributed by atoms with Crippen LogP contribution in [0.3, 0.4) is 0 Å². The molecule has 0 spiro atoms. The fraction of sp³-hybridized carbons (Fsp3) is 0.625. The molecule has 0 aliphatic carbocycles. The molecule has 1 aromatic rings. The summed E-state index contributed by atoms with van der Waals surface area (Å²) in [5, 5.41) is 9.33. The number of nitrogens with one attached hydrogen (secondary N) is 3. The molecule has 3 N–H and O–H groups in total. The molecule has 0 aromatic heterocycles. The summed E-state index contributed by atoms with van der Waals surface area (Å²) in [6, 6.07) is 8.20. The number of hydrogen-bond donors (Lipinski definition) is 3. The second kappa shape index (κ2) is 13.0. The number of alkyl carbamates (subject to hydrolysis) is 1. The van der Waals surface area contributed by atoms with Crippen LogP contribution in [0.1, 0.15) is 65.5 Å². The zero-order valence-electron chi connectivity index (χ0n) is 20.8. The third-order valence-electron chi connectivity index (χ3n) is 4.87. The van der Waals surface area contributed by atoms with E-state index in [4.69, 9.17) is 4.74 Å². The van der Waals surface area contributed by atoms with Crippen molar-refractivity contribution in [1.29, 1.82) is 0 Å². The molecule has 33 heavy (non-hydrogen) atoms. The van der Waals surface area contributed by atoms with E-state index in [0.717, 1.165) is 13.0 Å². The number of carbonyl (C=O) groups is 2. The number of ether oxygens (including phenoxy) is 1. The molecular formula is C24H40IN5O3. The van der Waals surface area contributed by atoms with Crippen molar-refractivity contribution in [2.24, 2.45) is 4.99 Å². The van der Waals surface area contributed by atoms with Crippen LogP contribution in [0.5, 0.6) is 0 Å². The van der Waals surface area contributed by atoms with Gasteiger partial charge in [0, 0.05) is 32.6 Å². The average Bonchev–Trinajstić information content (AvgIpc) is 3.11. The Bertz CT molecular complexity index is 796. The lowest BCUT2D eigenvalue weighted by molar-refractivity contribution is -0.131. The number of nitrogens with zero attached hydrogens (tertiary/aromatic N) is 2. The number of amides is 2. The summed E-state index contributed by atoms with van der Waals surface area (Å²) in [5.74, 6) is 0.834. The highest BCUT2D eigenvalue weighted by molar-refractivity contribution is 14.0. The number of benzene rings is 1. The third kappa shape index (κ3) is 10.6. The molecule has 8 nitrogen and oxygen atoms in total. The number of rotatable bonds is 8. The standard InChI is InChI=1S/C24H39N5O3.HI/c1-7-25-21(27-17-24(5,6)28-22(31)32-23(2,3)4)26-14-10-13-20(30)29-15-18-11-8-9-12-19(18)16-29;/h8-9,11-12H,7,10,13-17H2,1-6H3,(H,28,31)(H2,25,26,27);1H. The maximum Gasteiger partial charge on any atom is 0.408 e. The molecule has 0 unspecified atom stereocenters. The Labute approximate surface area is 215 Å². The number of guanidine groups is 1. The van der Waals surface area contributed by atoms with E-state index in [1.54, 1.807) is 0 Å². The minimum Gasteiger partial charge on any atom is -0.444 e. The van der Waals surface area contributed by atoms with Gasteiger partial charge >= 0.3 is 6.09 Å². The van der Waals surface area contributed by atoms with Crippen molar-refractivity contribution in [1.82, 2.24) is 20.9 Å². The molecule has 0 radical (unpaired) electrons. The van der Waals surface area contributed by atoms with Crippen LogP contribution >= 0.6 is 24.0 Å². The van der Waals surface area contributed by atoms with Crippen molar-refractivity contribution < 1.29 is 14.3 Å². The Morgan fingerprint density at radius 3 is 2.21 bits per heavy atom. The molecule has 0 bridgehead atoms. The average molecular weight is 574 g/mol. The zero-order valence-corrected chi connectivity index (χ0v) is 23.1. The number of hydrogen-bond acceptors (Lipinski definition) is 4. The van der Waals surface area contributed by atoms with E-state index in [1.165, 1.54) is 11.1 Å². The van der Waals surface area contributed by atoms with Crippen LogP contribution in [0.25, 0.3) is 0 Å².